The van der Waals surface area contributed by atoms with Crippen LogP contribution in [0.1, 0.15) is 31.2 Å². The zero-order valence-electron chi connectivity index (χ0n) is 17.9. The first-order valence-electron chi connectivity index (χ1n) is 10.9. The Morgan fingerprint density at radius 1 is 1.09 bits per heavy atom. The lowest BCUT2D eigenvalue weighted by Gasteiger charge is -2.28. The highest BCUT2D eigenvalue weighted by Gasteiger charge is 2.26. The van der Waals surface area contributed by atoms with E-state index in [0.717, 1.165) is 43.3 Å². The molecule has 3 heterocycles. The predicted octanol–water partition coefficient (Wildman–Crippen LogP) is 4.54. The summed E-state index contributed by atoms with van der Waals surface area (Å²) < 4.78 is 6.44. The van der Waals surface area contributed by atoms with Crippen molar-refractivity contribution >= 4 is 44.2 Å². The van der Waals surface area contributed by atoms with Crippen LogP contribution >= 0.6 is 11.3 Å². The molecule has 0 spiro atoms. The van der Waals surface area contributed by atoms with Crippen molar-refractivity contribution in [2.24, 2.45) is 5.92 Å². The number of pyridine rings is 2. The summed E-state index contributed by atoms with van der Waals surface area (Å²) in [4.78, 5) is 26.1. The van der Waals surface area contributed by atoms with Gasteiger partial charge in [-0.2, -0.15) is 0 Å². The Morgan fingerprint density at radius 3 is 2.81 bits per heavy atom. The van der Waals surface area contributed by atoms with Crippen molar-refractivity contribution in [1.29, 1.82) is 0 Å². The first-order valence-corrected chi connectivity index (χ1v) is 11.7. The van der Waals surface area contributed by atoms with Gasteiger partial charge in [0.15, 0.2) is 0 Å². The molecule has 0 saturated heterocycles. The topological polar surface area (TPSA) is 89.0 Å². The molecule has 32 heavy (non-hydrogen) atoms. The summed E-state index contributed by atoms with van der Waals surface area (Å²) in [5.41, 5.74) is 6.24. The number of nitrogens with zero attached hydrogens (tertiary/aromatic N) is 3. The second-order valence-corrected chi connectivity index (χ2v) is 9.04. The van der Waals surface area contributed by atoms with E-state index in [1.165, 1.54) is 10.3 Å². The maximum Gasteiger partial charge on any atom is 0.227 e. The van der Waals surface area contributed by atoms with Crippen LogP contribution in [0.25, 0.3) is 21.3 Å². The molecule has 4 aromatic rings. The predicted molar refractivity (Wildman–Crippen MR) is 127 cm³/mol. The van der Waals surface area contributed by atoms with Crippen molar-refractivity contribution in [2.75, 3.05) is 12.4 Å². The van der Waals surface area contributed by atoms with Crippen molar-refractivity contribution in [2.45, 2.75) is 38.3 Å². The van der Waals surface area contributed by atoms with Crippen LogP contribution in [0, 0.1) is 5.92 Å². The monoisotopic (exact) mass is 447 g/mol. The maximum atomic E-state index is 12.9. The number of nitrogens with one attached hydrogen (secondary N) is 2. The average Bonchev–Trinajstić information content (AvgIpc) is 3.31. The number of carbonyl (C=O) groups is 1. The van der Waals surface area contributed by atoms with Crippen LogP contribution in [0.2, 0.25) is 0 Å². The van der Waals surface area contributed by atoms with Crippen molar-refractivity contribution in [3.05, 3.63) is 53.7 Å². The van der Waals surface area contributed by atoms with Gasteiger partial charge < -0.3 is 15.4 Å². The van der Waals surface area contributed by atoms with Crippen LogP contribution in [-0.4, -0.2) is 34.0 Å². The molecule has 0 bridgehead atoms. The van der Waals surface area contributed by atoms with Crippen LogP contribution < -0.4 is 15.4 Å². The molecule has 1 fully saturated rings. The van der Waals surface area contributed by atoms with E-state index in [9.17, 15) is 4.79 Å². The van der Waals surface area contributed by atoms with Crippen LogP contribution in [0.15, 0.2) is 48.1 Å². The number of ether oxygens (including phenoxy) is 1. The molecule has 8 heteroatoms. The van der Waals surface area contributed by atoms with E-state index in [0.29, 0.717) is 23.1 Å². The highest BCUT2D eigenvalue weighted by Crippen LogP contribution is 2.28. The molecular formula is C24H25N5O2S. The van der Waals surface area contributed by atoms with Crippen LogP contribution in [0.3, 0.4) is 0 Å². The molecule has 164 valence electrons. The molecule has 1 aliphatic rings. The van der Waals surface area contributed by atoms with E-state index in [-0.39, 0.29) is 11.8 Å². The minimum atomic E-state index is 0.00762. The Balaban J connectivity index is 1.16. The van der Waals surface area contributed by atoms with Gasteiger partial charge >= 0.3 is 0 Å². The number of anilines is 1. The average molecular weight is 448 g/mol. The molecule has 1 amide bonds. The number of fused-ring (bicyclic) bond motifs is 2. The van der Waals surface area contributed by atoms with Crippen molar-refractivity contribution in [3.8, 4) is 5.88 Å². The van der Waals surface area contributed by atoms with Crippen molar-refractivity contribution in [1.82, 2.24) is 20.3 Å². The quantitative estimate of drug-likeness (QED) is 0.451. The fourth-order valence-electron chi connectivity index (χ4n) is 4.29. The second kappa shape index (κ2) is 9.18. The molecule has 0 radical (unpaired) electrons. The largest absolute Gasteiger partial charge is 0.481 e. The Bertz CT molecular complexity index is 1250. The Kier molecular flexibility index (Phi) is 5.96. The number of carbonyl (C=O) groups excluding carboxylic acids is 1. The van der Waals surface area contributed by atoms with Gasteiger partial charge in [-0.05, 0) is 55.5 Å². The number of hydrogen-bond donors (Lipinski definition) is 2. The fourth-order valence-corrected chi connectivity index (χ4v) is 4.95. The summed E-state index contributed by atoms with van der Waals surface area (Å²) in [7, 11) is 1.58. The number of amides is 1. The Morgan fingerprint density at radius 2 is 1.97 bits per heavy atom. The normalized spacial score (nSPS) is 18.7. The molecule has 3 aromatic heterocycles. The van der Waals surface area contributed by atoms with E-state index < -0.39 is 0 Å². The van der Waals surface area contributed by atoms with Gasteiger partial charge in [-0.1, -0.05) is 6.07 Å². The molecule has 0 aliphatic heterocycles. The summed E-state index contributed by atoms with van der Waals surface area (Å²) in [5, 5.41) is 6.72. The molecule has 0 atom stereocenters. The van der Waals surface area contributed by atoms with Gasteiger partial charge in [-0.25, -0.2) is 9.97 Å². The molecular weight excluding hydrogens is 422 g/mol. The van der Waals surface area contributed by atoms with Crippen LogP contribution in [-0.2, 0) is 11.3 Å². The summed E-state index contributed by atoms with van der Waals surface area (Å²) in [5.74, 6) is 0.560. The molecule has 5 rings (SSSR count). The molecule has 2 N–H and O–H groups in total. The number of thiazole rings is 1. The lowest BCUT2D eigenvalue weighted by Crippen LogP contribution is -2.36. The maximum absolute atomic E-state index is 12.9. The third-order valence-corrected chi connectivity index (χ3v) is 6.92. The SMILES string of the molecule is COc1ccc2nccc(NC(=O)[C@H]3CC[C@H](NCc4ccc5scnc5c4)CC3)c2n1. The van der Waals surface area contributed by atoms with Gasteiger partial charge in [0.1, 0.15) is 5.52 Å². The van der Waals surface area contributed by atoms with Gasteiger partial charge in [0.2, 0.25) is 11.8 Å². The summed E-state index contributed by atoms with van der Waals surface area (Å²) in [6.07, 6.45) is 5.40. The molecule has 7 nitrogen and oxygen atoms in total. The molecule has 1 aliphatic carbocycles. The molecule has 1 saturated carbocycles. The zero-order chi connectivity index (χ0) is 21.9. The molecule has 0 unspecified atom stereocenters. The number of methoxy groups -OCH3 is 1. The van der Waals surface area contributed by atoms with Crippen molar-refractivity contribution < 1.29 is 9.53 Å². The minimum Gasteiger partial charge on any atom is -0.481 e. The standard InChI is InChI=1S/C24H25N5O2S/c1-31-22-9-7-18-23(29-22)19(10-11-25-18)28-24(30)16-3-5-17(6-4-16)26-13-15-2-8-21-20(12-15)27-14-32-21/h2,7-12,14,16-17,26H,3-6,13H2,1H3,(H,25,28,30)/t16-,17-. The van der Waals surface area contributed by atoms with Gasteiger partial charge in [0, 0.05) is 30.8 Å². The highest BCUT2D eigenvalue weighted by atomic mass is 32.1. The third kappa shape index (κ3) is 4.42. The lowest BCUT2D eigenvalue weighted by atomic mass is 9.85. The number of aromatic nitrogens is 3. The van der Waals surface area contributed by atoms with Gasteiger partial charge in [0.25, 0.3) is 0 Å². The summed E-state index contributed by atoms with van der Waals surface area (Å²) in [6, 6.07) is 12.3. The minimum absolute atomic E-state index is 0.00762. The van der Waals surface area contributed by atoms with E-state index in [2.05, 4.69) is 43.8 Å². The second-order valence-electron chi connectivity index (χ2n) is 8.15. The Hall–Kier alpha value is -3.10. The number of benzene rings is 1. The first-order chi connectivity index (χ1) is 15.7. The van der Waals surface area contributed by atoms with E-state index in [4.69, 9.17) is 4.74 Å². The fraction of sp³-hybridized carbons (Fsp3) is 0.333. The van der Waals surface area contributed by atoms with E-state index in [1.54, 1.807) is 36.8 Å². The van der Waals surface area contributed by atoms with Gasteiger partial charge in [-0.3, -0.25) is 9.78 Å². The number of hydrogen-bond acceptors (Lipinski definition) is 7. The van der Waals surface area contributed by atoms with Crippen LogP contribution in [0.5, 0.6) is 5.88 Å². The lowest BCUT2D eigenvalue weighted by molar-refractivity contribution is -0.120. The smallest absolute Gasteiger partial charge is 0.227 e. The number of rotatable bonds is 6. The summed E-state index contributed by atoms with van der Waals surface area (Å²) >= 11 is 1.66. The van der Waals surface area contributed by atoms with Gasteiger partial charge in [0.05, 0.1) is 34.0 Å². The first kappa shape index (κ1) is 20.8. The zero-order valence-corrected chi connectivity index (χ0v) is 18.7. The van der Waals surface area contributed by atoms with E-state index in [1.807, 2.05) is 11.6 Å². The third-order valence-electron chi connectivity index (χ3n) is 6.11. The molecule has 1 aromatic carbocycles. The van der Waals surface area contributed by atoms with Gasteiger partial charge in [-0.15, -0.1) is 11.3 Å². The van der Waals surface area contributed by atoms with E-state index >= 15 is 0 Å². The summed E-state index contributed by atoms with van der Waals surface area (Å²) in [6.45, 7) is 0.825. The Labute approximate surface area is 190 Å². The van der Waals surface area contributed by atoms with Crippen molar-refractivity contribution in [3.63, 3.8) is 0 Å². The highest BCUT2D eigenvalue weighted by molar-refractivity contribution is 7.16. The van der Waals surface area contributed by atoms with Crippen LogP contribution in [0.4, 0.5) is 5.69 Å².